The van der Waals surface area contributed by atoms with Gasteiger partial charge in [0.25, 0.3) is 0 Å². The first-order valence-corrected chi connectivity index (χ1v) is 6.81. The molecule has 1 aromatic rings. The Morgan fingerprint density at radius 2 is 2.10 bits per heavy atom. The van der Waals surface area contributed by atoms with E-state index in [2.05, 4.69) is 0 Å². The fourth-order valence-corrected chi connectivity index (χ4v) is 1.93. The van der Waals surface area contributed by atoms with Crippen molar-refractivity contribution >= 4 is 23.5 Å². The SMILES string of the molecule is CCOC(=O)c1ccc(C(O)C(=O)O)cc1CCCCl. The van der Waals surface area contributed by atoms with Gasteiger partial charge in [0.1, 0.15) is 0 Å². The molecule has 5 nitrogen and oxygen atoms in total. The highest BCUT2D eigenvalue weighted by Gasteiger charge is 2.19. The lowest BCUT2D eigenvalue weighted by atomic mass is 9.98. The Bertz CT molecular complexity index is 486. The highest BCUT2D eigenvalue weighted by molar-refractivity contribution is 6.17. The first-order chi connectivity index (χ1) is 9.51. The second-order valence-corrected chi connectivity index (χ2v) is 4.55. The molecule has 0 aromatic heterocycles. The first-order valence-electron chi connectivity index (χ1n) is 6.28. The van der Waals surface area contributed by atoms with Crippen molar-refractivity contribution in [2.24, 2.45) is 0 Å². The van der Waals surface area contributed by atoms with Crippen LogP contribution in [0.2, 0.25) is 0 Å². The molecule has 0 aliphatic heterocycles. The van der Waals surface area contributed by atoms with Gasteiger partial charge in [0.2, 0.25) is 0 Å². The number of halogens is 1. The van der Waals surface area contributed by atoms with E-state index in [4.69, 9.17) is 21.4 Å². The lowest BCUT2D eigenvalue weighted by molar-refractivity contribution is -0.146. The number of carboxylic acid groups (broad SMARTS) is 1. The number of aliphatic hydroxyl groups is 1. The number of esters is 1. The quantitative estimate of drug-likeness (QED) is 0.595. The third-order valence-electron chi connectivity index (χ3n) is 2.75. The molecule has 1 atom stereocenters. The lowest BCUT2D eigenvalue weighted by Gasteiger charge is -2.12. The number of hydrogen-bond acceptors (Lipinski definition) is 4. The number of carbonyl (C=O) groups excluding carboxylic acids is 1. The summed E-state index contributed by atoms with van der Waals surface area (Å²) < 4.78 is 4.95. The van der Waals surface area contributed by atoms with Gasteiger partial charge in [0, 0.05) is 5.88 Å². The van der Waals surface area contributed by atoms with E-state index in [1.165, 1.54) is 18.2 Å². The summed E-state index contributed by atoms with van der Waals surface area (Å²) in [5.41, 5.74) is 1.23. The molecule has 0 bridgehead atoms. The molecule has 6 heteroatoms. The molecule has 0 amide bonds. The minimum absolute atomic E-state index is 0.232. The summed E-state index contributed by atoms with van der Waals surface area (Å²) in [5.74, 6) is -1.38. The van der Waals surface area contributed by atoms with Crippen LogP contribution < -0.4 is 0 Å². The van der Waals surface area contributed by atoms with Crippen molar-refractivity contribution in [3.05, 3.63) is 34.9 Å². The van der Waals surface area contributed by atoms with Crippen LogP contribution in [0.1, 0.15) is 40.9 Å². The number of carboxylic acids is 1. The Balaban J connectivity index is 3.11. The zero-order chi connectivity index (χ0) is 15.1. The minimum atomic E-state index is -1.61. The molecule has 20 heavy (non-hydrogen) atoms. The van der Waals surface area contributed by atoms with Crippen molar-refractivity contribution in [3.8, 4) is 0 Å². The standard InChI is InChI=1S/C14H17ClO5/c1-2-20-14(19)11-6-5-10(12(16)13(17)18)8-9(11)4-3-7-15/h5-6,8,12,16H,2-4,7H2,1H3,(H,17,18). The smallest absolute Gasteiger partial charge is 0.338 e. The summed E-state index contributed by atoms with van der Waals surface area (Å²) in [7, 11) is 0. The number of ether oxygens (including phenoxy) is 1. The number of aryl methyl sites for hydroxylation is 1. The van der Waals surface area contributed by atoms with Gasteiger partial charge >= 0.3 is 11.9 Å². The Kier molecular flexibility index (Phi) is 6.48. The fraction of sp³-hybridized carbons (Fsp3) is 0.429. The van der Waals surface area contributed by atoms with Crippen LogP contribution in [0.3, 0.4) is 0 Å². The van der Waals surface area contributed by atoms with Gasteiger partial charge in [-0.2, -0.15) is 0 Å². The van der Waals surface area contributed by atoms with Gasteiger partial charge in [0.05, 0.1) is 12.2 Å². The molecule has 0 spiro atoms. The number of carbonyl (C=O) groups is 2. The second kappa shape index (κ2) is 7.87. The Labute approximate surface area is 122 Å². The molecule has 2 N–H and O–H groups in total. The van der Waals surface area contributed by atoms with Crippen LogP contribution in [0, 0.1) is 0 Å². The first kappa shape index (κ1) is 16.5. The van der Waals surface area contributed by atoms with E-state index in [1.54, 1.807) is 6.92 Å². The zero-order valence-corrected chi connectivity index (χ0v) is 11.9. The van der Waals surface area contributed by atoms with E-state index in [1.807, 2.05) is 0 Å². The van der Waals surface area contributed by atoms with E-state index in [0.717, 1.165) is 0 Å². The van der Waals surface area contributed by atoms with Crippen molar-refractivity contribution in [2.75, 3.05) is 12.5 Å². The van der Waals surface area contributed by atoms with E-state index in [0.29, 0.717) is 29.8 Å². The molecule has 0 fully saturated rings. The minimum Gasteiger partial charge on any atom is -0.479 e. The molecule has 0 heterocycles. The Morgan fingerprint density at radius 1 is 1.40 bits per heavy atom. The molecular formula is C14H17ClO5. The van der Waals surface area contributed by atoms with E-state index in [9.17, 15) is 14.7 Å². The molecular weight excluding hydrogens is 284 g/mol. The zero-order valence-electron chi connectivity index (χ0n) is 11.1. The van der Waals surface area contributed by atoms with Crippen molar-refractivity contribution in [1.82, 2.24) is 0 Å². The van der Waals surface area contributed by atoms with Gasteiger partial charge in [-0.25, -0.2) is 9.59 Å². The van der Waals surface area contributed by atoms with Gasteiger partial charge in [-0.15, -0.1) is 11.6 Å². The predicted molar refractivity (Wildman–Crippen MR) is 74.0 cm³/mol. The van der Waals surface area contributed by atoms with E-state index < -0.39 is 18.0 Å². The molecule has 1 aromatic carbocycles. The van der Waals surface area contributed by atoms with Crippen LogP contribution in [-0.2, 0) is 16.0 Å². The van der Waals surface area contributed by atoms with Crippen molar-refractivity contribution in [3.63, 3.8) is 0 Å². The average molecular weight is 301 g/mol. The summed E-state index contributed by atoms with van der Waals surface area (Å²) in [5, 5.41) is 18.3. The molecule has 0 saturated carbocycles. The molecule has 0 aliphatic rings. The normalized spacial score (nSPS) is 11.9. The number of hydrogen-bond donors (Lipinski definition) is 2. The molecule has 0 aliphatic carbocycles. The van der Waals surface area contributed by atoms with E-state index >= 15 is 0 Å². The number of benzene rings is 1. The lowest BCUT2D eigenvalue weighted by Crippen LogP contribution is -2.13. The van der Waals surface area contributed by atoms with Gasteiger partial charge < -0.3 is 14.9 Å². The van der Waals surface area contributed by atoms with Crippen LogP contribution in [-0.4, -0.2) is 34.6 Å². The molecule has 0 saturated heterocycles. The number of aliphatic carboxylic acids is 1. The van der Waals surface area contributed by atoms with Crippen molar-refractivity contribution in [1.29, 1.82) is 0 Å². The summed E-state index contributed by atoms with van der Waals surface area (Å²) in [6.07, 6.45) is -0.459. The van der Waals surface area contributed by atoms with Gasteiger partial charge in [-0.05, 0) is 37.0 Å². The molecule has 110 valence electrons. The summed E-state index contributed by atoms with van der Waals surface area (Å²) in [6.45, 7) is 1.96. The van der Waals surface area contributed by atoms with Crippen LogP contribution in [0.4, 0.5) is 0 Å². The Hall–Kier alpha value is -1.59. The maximum atomic E-state index is 11.8. The monoisotopic (exact) mass is 300 g/mol. The van der Waals surface area contributed by atoms with Crippen molar-refractivity contribution in [2.45, 2.75) is 25.9 Å². The number of alkyl halides is 1. The third-order valence-corrected chi connectivity index (χ3v) is 3.02. The fourth-order valence-electron chi connectivity index (χ4n) is 1.80. The summed E-state index contributed by atoms with van der Waals surface area (Å²) >= 11 is 5.64. The maximum absolute atomic E-state index is 11.8. The van der Waals surface area contributed by atoms with Crippen LogP contribution in [0.5, 0.6) is 0 Å². The number of aliphatic hydroxyl groups excluding tert-OH is 1. The third kappa shape index (κ3) is 4.21. The largest absolute Gasteiger partial charge is 0.479 e. The topological polar surface area (TPSA) is 83.8 Å². The predicted octanol–water partition coefficient (Wildman–Crippen LogP) is 2.15. The van der Waals surface area contributed by atoms with Gasteiger partial charge in [-0.3, -0.25) is 0 Å². The number of rotatable bonds is 7. The summed E-state index contributed by atoms with van der Waals surface area (Å²) in [6, 6.07) is 4.40. The molecule has 1 rings (SSSR count). The molecule has 1 unspecified atom stereocenters. The van der Waals surface area contributed by atoms with E-state index in [-0.39, 0.29) is 12.2 Å². The highest BCUT2D eigenvalue weighted by Crippen LogP contribution is 2.20. The second-order valence-electron chi connectivity index (χ2n) is 4.17. The van der Waals surface area contributed by atoms with Gasteiger partial charge in [0.15, 0.2) is 6.10 Å². The maximum Gasteiger partial charge on any atom is 0.338 e. The Morgan fingerprint density at radius 3 is 2.65 bits per heavy atom. The van der Waals surface area contributed by atoms with Gasteiger partial charge in [-0.1, -0.05) is 12.1 Å². The average Bonchev–Trinajstić information content (AvgIpc) is 2.44. The van der Waals surface area contributed by atoms with Crippen LogP contribution >= 0.6 is 11.6 Å². The summed E-state index contributed by atoms with van der Waals surface area (Å²) in [4.78, 5) is 22.6. The molecule has 0 radical (unpaired) electrons. The van der Waals surface area contributed by atoms with Crippen LogP contribution in [0.15, 0.2) is 18.2 Å². The van der Waals surface area contributed by atoms with Crippen molar-refractivity contribution < 1.29 is 24.5 Å². The highest BCUT2D eigenvalue weighted by atomic mass is 35.5. The van der Waals surface area contributed by atoms with Crippen LogP contribution in [0.25, 0.3) is 0 Å².